The second-order valence-electron chi connectivity index (χ2n) is 5.46. The van der Waals surface area contributed by atoms with E-state index in [1.54, 1.807) is 0 Å². The lowest BCUT2D eigenvalue weighted by Crippen LogP contribution is -2.49. The lowest BCUT2D eigenvalue weighted by atomic mass is 10.1. The van der Waals surface area contributed by atoms with Crippen LogP contribution in [-0.4, -0.2) is 24.6 Å². The predicted octanol–water partition coefficient (Wildman–Crippen LogP) is 1.93. The van der Waals surface area contributed by atoms with Crippen LogP contribution in [0.4, 0.5) is 0 Å². The highest BCUT2D eigenvalue weighted by Crippen LogP contribution is 2.22. The second-order valence-corrected chi connectivity index (χ2v) is 5.46. The van der Waals surface area contributed by atoms with Crippen LogP contribution < -0.4 is 15.8 Å². The molecule has 0 aromatic heterocycles. The summed E-state index contributed by atoms with van der Waals surface area (Å²) in [6.07, 6.45) is 0.331. The summed E-state index contributed by atoms with van der Waals surface area (Å²) in [6, 6.07) is 5.99. The lowest BCUT2D eigenvalue weighted by Gasteiger charge is -2.24. The highest BCUT2D eigenvalue weighted by molar-refractivity contribution is 5.76. The Morgan fingerprint density at radius 2 is 1.89 bits per heavy atom. The minimum atomic E-state index is -0.365. The van der Waals surface area contributed by atoms with E-state index in [4.69, 9.17) is 10.5 Å². The molecule has 0 aliphatic heterocycles. The molecule has 3 N–H and O–H groups in total. The zero-order chi connectivity index (χ0) is 14.5. The number of carbonyl (C=O) groups is 1. The summed E-state index contributed by atoms with van der Waals surface area (Å²) in [5.74, 6) is 0.829. The molecule has 0 unspecified atom stereocenters. The summed E-state index contributed by atoms with van der Waals surface area (Å²) in [7, 11) is 0. The van der Waals surface area contributed by atoms with Crippen molar-refractivity contribution in [2.75, 3.05) is 13.2 Å². The van der Waals surface area contributed by atoms with Gasteiger partial charge in [0.05, 0.1) is 13.0 Å². The Balaban J connectivity index is 2.45. The van der Waals surface area contributed by atoms with Crippen LogP contribution in [0.3, 0.4) is 0 Å². The largest absolute Gasteiger partial charge is 0.493 e. The van der Waals surface area contributed by atoms with Crippen LogP contribution in [0.2, 0.25) is 0 Å². The van der Waals surface area contributed by atoms with Crippen molar-refractivity contribution in [3.63, 3.8) is 0 Å². The van der Waals surface area contributed by atoms with Gasteiger partial charge >= 0.3 is 0 Å². The van der Waals surface area contributed by atoms with Gasteiger partial charge in [-0.15, -0.1) is 0 Å². The number of hydrogen-bond donors (Lipinski definition) is 2. The molecule has 0 aliphatic carbocycles. The van der Waals surface area contributed by atoms with Gasteiger partial charge in [0, 0.05) is 12.1 Å². The summed E-state index contributed by atoms with van der Waals surface area (Å²) in [5, 5.41) is 2.88. The molecule has 1 rings (SSSR count). The predicted molar refractivity (Wildman–Crippen MR) is 77.3 cm³/mol. The van der Waals surface area contributed by atoms with Gasteiger partial charge in [-0.3, -0.25) is 4.79 Å². The van der Waals surface area contributed by atoms with E-state index in [0.29, 0.717) is 19.6 Å². The molecular weight excluding hydrogens is 240 g/mol. The van der Waals surface area contributed by atoms with E-state index in [9.17, 15) is 4.79 Å². The number of nitrogens with one attached hydrogen (secondary N) is 1. The highest BCUT2D eigenvalue weighted by Gasteiger charge is 2.17. The molecule has 0 heterocycles. The first-order valence-corrected chi connectivity index (χ1v) is 6.56. The minimum Gasteiger partial charge on any atom is -0.493 e. The second kappa shape index (κ2) is 6.57. The Kier molecular flexibility index (Phi) is 5.36. The van der Waals surface area contributed by atoms with E-state index in [1.165, 1.54) is 0 Å². The smallest absolute Gasteiger partial charge is 0.223 e. The molecule has 0 atom stereocenters. The zero-order valence-electron chi connectivity index (χ0n) is 12.2. The fraction of sp³-hybridized carbons (Fsp3) is 0.533. The fourth-order valence-electron chi connectivity index (χ4n) is 1.76. The average molecular weight is 264 g/mol. The monoisotopic (exact) mass is 264 g/mol. The first-order chi connectivity index (χ1) is 8.85. The van der Waals surface area contributed by atoms with Crippen molar-refractivity contribution in [3.05, 3.63) is 29.3 Å². The van der Waals surface area contributed by atoms with Gasteiger partial charge in [-0.2, -0.15) is 0 Å². The Hall–Kier alpha value is -1.55. The van der Waals surface area contributed by atoms with Gasteiger partial charge in [0.2, 0.25) is 5.91 Å². The van der Waals surface area contributed by atoms with Crippen molar-refractivity contribution in [2.24, 2.45) is 5.73 Å². The van der Waals surface area contributed by atoms with E-state index in [1.807, 2.05) is 45.9 Å². The molecule has 1 aromatic carbocycles. The average Bonchev–Trinajstić information content (AvgIpc) is 2.32. The Labute approximate surface area is 115 Å². The topological polar surface area (TPSA) is 64.3 Å². The molecule has 4 nitrogen and oxygen atoms in total. The maximum absolute atomic E-state index is 11.7. The van der Waals surface area contributed by atoms with Crippen molar-refractivity contribution >= 4 is 5.91 Å². The molecule has 106 valence electrons. The number of aryl methyl sites for hydroxylation is 2. The number of para-hydroxylation sites is 1. The first kappa shape index (κ1) is 15.5. The summed E-state index contributed by atoms with van der Waals surface area (Å²) < 4.78 is 5.69. The summed E-state index contributed by atoms with van der Waals surface area (Å²) in [5.41, 5.74) is 7.37. The molecule has 19 heavy (non-hydrogen) atoms. The van der Waals surface area contributed by atoms with Gasteiger partial charge in [0.25, 0.3) is 0 Å². The number of ether oxygens (including phenoxy) is 1. The number of nitrogens with two attached hydrogens (primary N) is 1. The third kappa shape index (κ3) is 4.91. The number of benzene rings is 1. The summed E-state index contributed by atoms with van der Waals surface area (Å²) >= 11 is 0. The van der Waals surface area contributed by atoms with Crippen LogP contribution >= 0.6 is 0 Å². The molecule has 0 aliphatic rings. The molecule has 0 saturated heterocycles. The molecule has 0 fully saturated rings. The van der Waals surface area contributed by atoms with Gasteiger partial charge in [-0.25, -0.2) is 0 Å². The highest BCUT2D eigenvalue weighted by atomic mass is 16.5. The Morgan fingerprint density at radius 3 is 2.42 bits per heavy atom. The SMILES string of the molecule is Cc1cccc(C)c1OCCC(=O)NC(C)(C)CN. The maximum Gasteiger partial charge on any atom is 0.223 e. The standard InChI is InChI=1S/C15H24N2O2/c1-11-6-5-7-12(2)14(11)19-9-8-13(18)17-15(3,4)10-16/h5-7H,8-10,16H2,1-4H3,(H,17,18). The van der Waals surface area contributed by atoms with E-state index < -0.39 is 0 Å². The summed E-state index contributed by atoms with van der Waals surface area (Å²) in [4.78, 5) is 11.7. The third-order valence-electron chi connectivity index (χ3n) is 2.97. The van der Waals surface area contributed by atoms with Crippen molar-refractivity contribution in [2.45, 2.75) is 39.7 Å². The van der Waals surface area contributed by atoms with Gasteiger partial charge in [0.1, 0.15) is 5.75 Å². The molecular formula is C15H24N2O2. The number of rotatable bonds is 6. The van der Waals surface area contributed by atoms with Crippen LogP contribution in [0, 0.1) is 13.8 Å². The maximum atomic E-state index is 11.7. The number of amides is 1. The molecule has 0 bridgehead atoms. The van der Waals surface area contributed by atoms with Crippen molar-refractivity contribution < 1.29 is 9.53 Å². The van der Waals surface area contributed by atoms with E-state index in [2.05, 4.69) is 5.32 Å². The number of carbonyl (C=O) groups excluding carboxylic acids is 1. The first-order valence-electron chi connectivity index (χ1n) is 6.56. The van der Waals surface area contributed by atoms with Crippen molar-refractivity contribution in [3.8, 4) is 5.75 Å². The Bertz CT molecular complexity index is 422. The van der Waals surface area contributed by atoms with Crippen LogP contribution in [0.15, 0.2) is 18.2 Å². The van der Waals surface area contributed by atoms with Crippen molar-refractivity contribution in [1.29, 1.82) is 0 Å². The van der Waals surface area contributed by atoms with Gasteiger partial charge in [0.15, 0.2) is 0 Å². The molecule has 0 saturated carbocycles. The van der Waals surface area contributed by atoms with Crippen molar-refractivity contribution in [1.82, 2.24) is 5.32 Å². The third-order valence-corrected chi connectivity index (χ3v) is 2.97. The molecule has 4 heteroatoms. The van der Waals surface area contributed by atoms with E-state index in [0.717, 1.165) is 16.9 Å². The number of hydrogen-bond acceptors (Lipinski definition) is 3. The van der Waals surface area contributed by atoms with Crippen LogP contribution in [0.25, 0.3) is 0 Å². The molecule has 0 radical (unpaired) electrons. The van der Waals surface area contributed by atoms with Crippen LogP contribution in [0.1, 0.15) is 31.4 Å². The summed E-state index contributed by atoms with van der Waals surface area (Å²) in [6.45, 7) is 8.59. The minimum absolute atomic E-state index is 0.0401. The van der Waals surface area contributed by atoms with E-state index in [-0.39, 0.29) is 11.4 Å². The van der Waals surface area contributed by atoms with Gasteiger partial charge < -0.3 is 15.8 Å². The lowest BCUT2D eigenvalue weighted by molar-refractivity contribution is -0.123. The normalized spacial score (nSPS) is 11.2. The zero-order valence-corrected chi connectivity index (χ0v) is 12.2. The van der Waals surface area contributed by atoms with Crippen LogP contribution in [0.5, 0.6) is 5.75 Å². The Morgan fingerprint density at radius 1 is 1.32 bits per heavy atom. The van der Waals surface area contributed by atoms with Gasteiger partial charge in [-0.1, -0.05) is 18.2 Å². The van der Waals surface area contributed by atoms with E-state index >= 15 is 0 Å². The molecule has 0 spiro atoms. The molecule has 1 aromatic rings. The van der Waals surface area contributed by atoms with Crippen LogP contribution in [-0.2, 0) is 4.79 Å². The van der Waals surface area contributed by atoms with Gasteiger partial charge in [-0.05, 0) is 38.8 Å². The fourth-order valence-corrected chi connectivity index (χ4v) is 1.76. The quantitative estimate of drug-likeness (QED) is 0.825. The molecule has 1 amide bonds.